The molecule has 0 spiro atoms. The highest BCUT2D eigenvalue weighted by molar-refractivity contribution is 8.11. The molecule has 25 heavy (non-hydrogen) atoms. The van der Waals surface area contributed by atoms with Gasteiger partial charge in [0.05, 0.1) is 22.8 Å². The lowest BCUT2D eigenvalue weighted by atomic mass is 10.2. The van der Waals surface area contributed by atoms with Crippen molar-refractivity contribution >= 4 is 34.3 Å². The fourth-order valence-electron chi connectivity index (χ4n) is 2.32. The number of carbonyl (C=O) groups excluding carboxylic acids is 1. The van der Waals surface area contributed by atoms with Gasteiger partial charge in [-0.15, -0.1) is 0 Å². The topological polar surface area (TPSA) is 88.4 Å². The molecule has 2 N–H and O–H groups in total. The van der Waals surface area contributed by atoms with E-state index in [2.05, 4.69) is 20.2 Å². The smallest absolute Gasteiger partial charge is 0.268 e. The van der Waals surface area contributed by atoms with Gasteiger partial charge >= 0.3 is 5.24 Å². The van der Waals surface area contributed by atoms with E-state index in [-0.39, 0.29) is 10.8 Å². The Morgan fingerprint density at radius 3 is 2.64 bits per heavy atom. The van der Waals surface area contributed by atoms with Gasteiger partial charge in [-0.25, -0.2) is 10.4 Å². The molecule has 0 radical (unpaired) electrons. The lowest BCUT2D eigenvalue weighted by Gasteiger charge is -2.10. The average Bonchev–Trinajstić information content (AvgIpc) is 2.63. The Balaban J connectivity index is 2.11. The molecule has 8 heteroatoms. The highest BCUT2D eigenvalue weighted by atomic mass is 32.2. The minimum Gasteiger partial charge on any atom is -0.268 e. The second-order valence-corrected chi connectivity index (χ2v) is 5.91. The summed E-state index contributed by atoms with van der Waals surface area (Å²) in [7, 11) is 1.63. The van der Waals surface area contributed by atoms with E-state index in [1.54, 1.807) is 25.2 Å². The number of fused-ring (bicyclic) bond motifs is 1. The van der Waals surface area contributed by atoms with Gasteiger partial charge < -0.3 is 0 Å². The third-order valence-corrected chi connectivity index (χ3v) is 3.83. The van der Waals surface area contributed by atoms with Gasteiger partial charge in [0.1, 0.15) is 0 Å². The van der Waals surface area contributed by atoms with Crippen LogP contribution < -0.4 is 15.7 Å². The van der Waals surface area contributed by atoms with Crippen LogP contribution in [0.3, 0.4) is 0 Å². The molecule has 2 aromatic carbocycles. The zero-order valence-corrected chi connectivity index (χ0v) is 14.2. The lowest BCUT2D eigenvalue weighted by molar-refractivity contribution is 0.261. The first kappa shape index (κ1) is 16.9. The molecule has 0 fully saturated rings. The van der Waals surface area contributed by atoms with E-state index in [1.165, 1.54) is 10.8 Å². The summed E-state index contributed by atoms with van der Waals surface area (Å²) in [5.41, 5.74) is 3.39. The highest BCUT2D eigenvalue weighted by Gasteiger charge is 2.11. The first-order chi connectivity index (χ1) is 12.2. The molecule has 0 unspecified atom stereocenters. The fraction of sp³-hybridized carbons (Fsp3) is 0.0588. The molecule has 1 amide bonds. The van der Waals surface area contributed by atoms with E-state index in [4.69, 9.17) is 0 Å². The molecule has 7 nitrogen and oxygen atoms in total. The van der Waals surface area contributed by atoms with E-state index >= 15 is 0 Å². The number of rotatable bonds is 4. The summed E-state index contributed by atoms with van der Waals surface area (Å²) in [5, 5.41) is 4.03. The molecule has 0 aliphatic heterocycles. The van der Waals surface area contributed by atoms with Crippen molar-refractivity contribution in [2.75, 3.05) is 7.05 Å². The first-order valence-electron chi connectivity index (χ1n) is 7.44. The van der Waals surface area contributed by atoms with Crippen LogP contribution in [0.4, 0.5) is 4.79 Å². The Hall–Kier alpha value is -2.97. The van der Waals surface area contributed by atoms with Gasteiger partial charge in [-0.1, -0.05) is 30.3 Å². The van der Waals surface area contributed by atoms with Crippen LogP contribution in [0.2, 0.25) is 0 Å². The van der Waals surface area contributed by atoms with Gasteiger partial charge in [0, 0.05) is 11.9 Å². The van der Waals surface area contributed by atoms with E-state index in [9.17, 15) is 9.59 Å². The van der Waals surface area contributed by atoms with Crippen molar-refractivity contribution in [2.45, 2.75) is 0 Å². The number of amides is 1. The third-order valence-electron chi connectivity index (χ3n) is 3.35. The summed E-state index contributed by atoms with van der Waals surface area (Å²) >= 11 is 0.870. The first-order valence-corrected chi connectivity index (χ1v) is 8.26. The molecule has 1 heterocycles. The normalized spacial score (nSPS) is 11.1. The maximum absolute atomic E-state index is 12.9. The molecule has 0 aliphatic rings. The van der Waals surface area contributed by atoms with Crippen molar-refractivity contribution in [1.29, 1.82) is 0 Å². The summed E-state index contributed by atoms with van der Waals surface area (Å²) in [6.45, 7) is 0. The molecule has 3 rings (SSSR count). The van der Waals surface area contributed by atoms with Gasteiger partial charge in [0.25, 0.3) is 5.56 Å². The van der Waals surface area contributed by atoms with Gasteiger partial charge in [0.15, 0.2) is 5.82 Å². The second-order valence-electron chi connectivity index (χ2n) is 4.93. The van der Waals surface area contributed by atoms with Gasteiger partial charge in [0.2, 0.25) is 0 Å². The second kappa shape index (κ2) is 7.73. The Morgan fingerprint density at radius 2 is 1.88 bits per heavy atom. The van der Waals surface area contributed by atoms with Crippen molar-refractivity contribution in [3.05, 3.63) is 70.8 Å². The predicted octanol–water partition coefficient (Wildman–Crippen LogP) is 2.30. The largest absolute Gasteiger partial charge is 0.314 e. The Morgan fingerprint density at radius 1 is 1.16 bits per heavy atom. The Kier molecular flexibility index (Phi) is 5.22. The van der Waals surface area contributed by atoms with Gasteiger partial charge in [-0.3, -0.25) is 18.9 Å². The number of hydrogen-bond acceptors (Lipinski definition) is 6. The molecular weight excluding hydrogens is 338 g/mol. The average molecular weight is 353 g/mol. The Bertz CT molecular complexity index is 985. The quantitative estimate of drug-likeness (QED) is 0.427. The molecule has 0 saturated carbocycles. The fourth-order valence-corrected chi connectivity index (χ4v) is 2.61. The van der Waals surface area contributed by atoms with Crippen LogP contribution in [0.5, 0.6) is 0 Å². The number of para-hydroxylation sites is 2. The van der Waals surface area contributed by atoms with E-state index < -0.39 is 0 Å². The van der Waals surface area contributed by atoms with Crippen LogP contribution in [0.1, 0.15) is 5.82 Å². The monoisotopic (exact) mass is 353 g/mol. The third kappa shape index (κ3) is 3.76. The van der Waals surface area contributed by atoms with Crippen LogP contribution in [0.15, 0.2) is 64.5 Å². The maximum Gasteiger partial charge on any atom is 0.314 e. The maximum atomic E-state index is 12.9. The van der Waals surface area contributed by atoms with Crippen molar-refractivity contribution < 1.29 is 4.79 Å². The van der Waals surface area contributed by atoms with Gasteiger partial charge in [-0.2, -0.15) is 5.10 Å². The lowest BCUT2D eigenvalue weighted by Crippen LogP contribution is -2.24. The molecule has 3 aromatic rings. The van der Waals surface area contributed by atoms with Crippen molar-refractivity contribution in [2.24, 2.45) is 5.10 Å². The van der Waals surface area contributed by atoms with Crippen molar-refractivity contribution in [3.63, 3.8) is 0 Å². The summed E-state index contributed by atoms with van der Waals surface area (Å²) in [6.07, 6.45) is 1.36. The minimum atomic E-state index is -0.367. The molecule has 126 valence electrons. The minimum absolute atomic E-state index is 0.200. The zero-order valence-electron chi connectivity index (χ0n) is 13.3. The van der Waals surface area contributed by atoms with Crippen LogP contribution in [-0.4, -0.2) is 28.1 Å². The van der Waals surface area contributed by atoms with Crippen molar-refractivity contribution in [3.8, 4) is 5.69 Å². The molecule has 0 aliphatic carbocycles. The molecular formula is C17H15N5O2S. The number of benzene rings is 2. The number of aromatic nitrogens is 2. The predicted molar refractivity (Wildman–Crippen MR) is 100 cm³/mol. The number of hydrogen-bond donors (Lipinski definition) is 2. The highest BCUT2D eigenvalue weighted by Crippen LogP contribution is 2.11. The number of hydrazone groups is 1. The zero-order chi connectivity index (χ0) is 17.6. The summed E-state index contributed by atoms with van der Waals surface area (Å²) in [5.74, 6) is 0.324. The number of nitrogens with one attached hydrogen (secondary N) is 2. The van der Waals surface area contributed by atoms with Crippen LogP contribution in [-0.2, 0) is 0 Å². The molecule has 0 atom stereocenters. The SMILES string of the molecule is CNSC(=O)N/N=C/c1nc2ccccc2c(=O)n1-c1ccccc1. The van der Waals surface area contributed by atoms with E-state index in [0.717, 1.165) is 11.9 Å². The van der Waals surface area contributed by atoms with Crippen LogP contribution >= 0.6 is 11.9 Å². The van der Waals surface area contributed by atoms with E-state index in [0.29, 0.717) is 22.4 Å². The van der Waals surface area contributed by atoms with Crippen LogP contribution in [0, 0.1) is 0 Å². The van der Waals surface area contributed by atoms with Gasteiger partial charge in [-0.05, 0) is 31.3 Å². The molecule has 0 saturated heterocycles. The summed E-state index contributed by atoms with van der Waals surface area (Å²) < 4.78 is 4.11. The summed E-state index contributed by atoms with van der Waals surface area (Å²) in [6, 6.07) is 16.3. The molecule has 0 bridgehead atoms. The van der Waals surface area contributed by atoms with E-state index in [1.807, 2.05) is 36.4 Å². The molecule has 1 aromatic heterocycles. The Labute approximate surface area is 147 Å². The summed E-state index contributed by atoms with van der Waals surface area (Å²) in [4.78, 5) is 28.9. The number of carbonyl (C=O) groups is 1. The van der Waals surface area contributed by atoms with Crippen LogP contribution in [0.25, 0.3) is 16.6 Å². The standard InChI is InChI=1S/C17H15N5O2S/c1-18-25-17(24)21-19-11-15-20-14-10-6-5-9-13(14)16(23)22(15)12-7-3-2-4-8-12/h2-11,18H,1H3,(H,21,24)/b19-11+. The number of nitrogens with zero attached hydrogens (tertiary/aromatic N) is 3. The van der Waals surface area contributed by atoms with Crippen molar-refractivity contribution in [1.82, 2.24) is 19.7 Å².